The molecule has 0 amide bonds. The molecule has 3 rings (SSSR count). The van der Waals surface area contributed by atoms with E-state index in [-0.39, 0.29) is 11.9 Å². The Morgan fingerprint density at radius 2 is 2.27 bits per heavy atom. The zero-order valence-corrected chi connectivity index (χ0v) is 8.35. The highest BCUT2D eigenvalue weighted by molar-refractivity contribution is 5.75. The van der Waals surface area contributed by atoms with E-state index in [1.54, 1.807) is 12.1 Å². The molecule has 2 aliphatic heterocycles. The molecule has 4 heteroatoms. The lowest BCUT2D eigenvalue weighted by Crippen LogP contribution is -2.39. The van der Waals surface area contributed by atoms with Gasteiger partial charge in [0.15, 0.2) is 0 Å². The van der Waals surface area contributed by atoms with Crippen LogP contribution in [0.25, 0.3) is 0 Å². The van der Waals surface area contributed by atoms with Crippen molar-refractivity contribution in [2.24, 2.45) is 0 Å². The third-order valence-electron chi connectivity index (χ3n) is 3.21. The number of aliphatic hydroxyl groups is 1. The van der Waals surface area contributed by atoms with Crippen molar-refractivity contribution in [2.75, 3.05) is 23.3 Å². The standard InChI is InChI=1S/C11H14N2O2/c14-8-1-2-10-11(4-8)13-6-9(15)3-7(13)5-12-10/h1-2,4,7,9,12,14-15H,3,5-6H2. The summed E-state index contributed by atoms with van der Waals surface area (Å²) in [5.74, 6) is 0.276. The van der Waals surface area contributed by atoms with Crippen LogP contribution in [0.3, 0.4) is 0 Å². The summed E-state index contributed by atoms with van der Waals surface area (Å²) >= 11 is 0. The van der Waals surface area contributed by atoms with Crippen LogP contribution in [0, 0.1) is 0 Å². The largest absolute Gasteiger partial charge is 0.508 e. The van der Waals surface area contributed by atoms with E-state index in [0.29, 0.717) is 12.6 Å². The molecule has 2 heterocycles. The topological polar surface area (TPSA) is 55.7 Å². The normalized spacial score (nSPS) is 28.2. The molecule has 0 spiro atoms. The second kappa shape index (κ2) is 3.03. The maximum Gasteiger partial charge on any atom is 0.117 e. The van der Waals surface area contributed by atoms with Gasteiger partial charge in [-0.1, -0.05) is 0 Å². The number of hydrogen-bond donors (Lipinski definition) is 3. The first-order valence-corrected chi connectivity index (χ1v) is 5.25. The average molecular weight is 206 g/mol. The number of aliphatic hydroxyl groups excluding tert-OH is 1. The number of hydrogen-bond acceptors (Lipinski definition) is 4. The Hall–Kier alpha value is -1.42. The van der Waals surface area contributed by atoms with Crippen molar-refractivity contribution in [3.63, 3.8) is 0 Å². The summed E-state index contributed by atoms with van der Waals surface area (Å²) in [5.41, 5.74) is 2.04. The molecule has 1 saturated heterocycles. The number of fused-ring (bicyclic) bond motifs is 3. The molecule has 0 bridgehead atoms. The SMILES string of the molecule is Oc1ccc2c(c1)N1CC(O)CC1CN2. The van der Waals surface area contributed by atoms with Crippen molar-refractivity contribution in [1.82, 2.24) is 0 Å². The van der Waals surface area contributed by atoms with Crippen molar-refractivity contribution in [1.29, 1.82) is 0 Å². The minimum Gasteiger partial charge on any atom is -0.508 e. The summed E-state index contributed by atoms with van der Waals surface area (Å²) in [4.78, 5) is 2.18. The van der Waals surface area contributed by atoms with E-state index in [0.717, 1.165) is 24.3 Å². The van der Waals surface area contributed by atoms with Gasteiger partial charge in [0.25, 0.3) is 0 Å². The van der Waals surface area contributed by atoms with E-state index in [1.807, 2.05) is 6.07 Å². The Labute approximate surface area is 88.1 Å². The molecule has 2 atom stereocenters. The van der Waals surface area contributed by atoms with Gasteiger partial charge in [0.05, 0.1) is 17.5 Å². The quantitative estimate of drug-likeness (QED) is 0.548. The Kier molecular flexibility index (Phi) is 1.79. The molecule has 0 saturated carbocycles. The molecule has 1 aromatic rings. The molecule has 2 unspecified atom stereocenters. The Balaban J connectivity index is 2.03. The summed E-state index contributed by atoms with van der Waals surface area (Å²) in [6.45, 7) is 1.54. The van der Waals surface area contributed by atoms with Crippen LogP contribution in [0.4, 0.5) is 11.4 Å². The van der Waals surface area contributed by atoms with E-state index in [1.165, 1.54) is 0 Å². The number of aromatic hydroxyl groups is 1. The predicted molar refractivity (Wildman–Crippen MR) is 58.4 cm³/mol. The molecule has 0 aromatic heterocycles. The van der Waals surface area contributed by atoms with Crippen LogP contribution in [0.5, 0.6) is 5.75 Å². The second-order valence-corrected chi connectivity index (χ2v) is 4.28. The van der Waals surface area contributed by atoms with Gasteiger partial charge in [-0.2, -0.15) is 0 Å². The van der Waals surface area contributed by atoms with Gasteiger partial charge in [0, 0.05) is 25.2 Å². The number of nitrogens with zero attached hydrogens (tertiary/aromatic N) is 1. The van der Waals surface area contributed by atoms with Crippen molar-refractivity contribution in [2.45, 2.75) is 18.6 Å². The number of rotatable bonds is 0. The third-order valence-corrected chi connectivity index (χ3v) is 3.21. The van der Waals surface area contributed by atoms with Crippen LogP contribution < -0.4 is 10.2 Å². The van der Waals surface area contributed by atoms with E-state index in [9.17, 15) is 10.2 Å². The smallest absolute Gasteiger partial charge is 0.117 e. The highest BCUT2D eigenvalue weighted by Gasteiger charge is 2.34. The lowest BCUT2D eigenvalue weighted by atomic mass is 10.1. The van der Waals surface area contributed by atoms with E-state index < -0.39 is 0 Å². The summed E-state index contributed by atoms with van der Waals surface area (Å²) in [5, 5.41) is 22.4. The van der Waals surface area contributed by atoms with Crippen LogP contribution in [0.15, 0.2) is 18.2 Å². The zero-order valence-electron chi connectivity index (χ0n) is 8.35. The van der Waals surface area contributed by atoms with Crippen LogP contribution in [-0.4, -0.2) is 35.4 Å². The van der Waals surface area contributed by atoms with Crippen molar-refractivity contribution >= 4 is 11.4 Å². The highest BCUT2D eigenvalue weighted by Crippen LogP contribution is 2.37. The molecule has 1 fully saturated rings. The first-order chi connectivity index (χ1) is 7.24. The lowest BCUT2D eigenvalue weighted by molar-refractivity contribution is 0.195. The molecule has 2 aliphatic rings. The van der Waals surface area contributed by atoms with Crippen LogP contribution in [0.2, 0.25) is 0 Å². The van der Waals surface area contributed by atoms with Crippen molar-refractivity contribution < 1.29 is 10.2 Å². The van der Waals surface area contributed by atoms with Gasteiger partial charge in [-0.3, -0.25) is 0 Å². The van der Waals surface area contributed by atoms with Gasteiger partial charge in [-0.15, -0.1) is 0 Å². The predicted octanol–water partition coefficient (Wildman–Crippen LogP) is 0.757. The van der Waals surface area contributed by atoms with Gasteiger partial charge in [-0.05, 0) is 18.6 Å². The summed E-state index contributed by atoms with van der Waals surface area (Å²) in [6, 6.07) is 5.67. The molecule has 0 radical (unpaired) electrons. The summed E-state index contributed by atoms with van der Waals surface area (Å²) < 4.78 is 0. The molecule has 3 N–H and O–H groups in total. The maximum atomic E-state index is 9.62. The first kappa shape index (κ1) is 8.85. The van der Waals surface area contributed by atoms with Crippen molar-refractivity contribution in [3.05, 3.63) is 18.2 Å². The molecule has 0 aliphatic carbocycles. The number of phenolic OH excluding ortho intramolecular Hbond substituents is 1. The zero-order chi connectivity index (χ0) is 10.4. The van der Waals surface area contributed by atoms with E-state index >= 15 is 0 Å². The number of benzene rings is 1. The van der Waals surface area contributed by atoms with E-state index in [2.05, 4.69) is 10.2 Å². The Morgan fingerprint density at radius 1 is 1.40 bits per heavy atom. The Morgan fingerprint density at radius 3 is 3.13 bits per heavy atom. The van der Waals surface area contributed by atoms with Gasteiger partial charge in [0.2, 0.25) is 0 Å². The van der Waals surface area contributed by atoms with E-state index in [4.69, 9.17) is 0 Å². The van der Waals surface area contributed by atoms with Gasteiger partial charge >= 0.3 is 0 Å². The van der Waals surface area contributed by atoms with Gasteiger partial charge < -0.3 is 20.4 Å². The molecule has 1 aromatic carbocycles. The van der Waals surface area contributed by atoms with Crippen LogP contribution in [0.1, 0.15) is 6.42 Å². The lowest BCUT2D eigenvalue weighted by Gasteiger charge is -2.34. The highest BCUT2D eigenvalue weighted by atomic mass is 16.3. The van der Waals surface area contributed by atoms with Crippen LogP contribution >= 0.6 is 0 Å². The summed E-state index contributed by atoms with van der Waals surface area (Å²) in [6.07, 6.45) is 0.562. The molecular weight excluding hydrogens is 192 g/mol. The van der Waals surface area contributed by atoms with Gasteiger partial charge in [0.1, 0.15) is 5.75 Å². The molecule has 4 nitrogen and oxygen atoms in total. The monoisotopic (exact) mass is 206 g/mol. The fraction of sp³-hybridized carbons (Fsp3) is 0.455. The molecule has 15 heavy (non-hydrogen) atoms. The summed E-state index contributed by atoms with van der Waals surface area (Å²) in [7, 11) is 0. The van der Waals surface area contributed by atoms with Crippen LogP contribution in [-0.2, 0) is 0 Å². The maximum absolute atomic E-state index is 9.62. The fourth-order valence-electron chi connectivity index (χ4n) is 2.52. The van der Waals surface area contributed by atoms with Gasteiger partial charge in [-0.25, -0.2) is 0 Å². The third kappa shape index (κ3) is 1.33. The number of nitrogens with one attached hydrogen (secondary N) is 1. The Bertz CT molecular complexity index is 394. The fourth-order valence-corrected chi connectivity index (χ4v) is 2.52. The first-order valence-electron chi connectivity index (χ1n) is 5.25. The molecular formula is C11H14N2O2. The number of anilines is 2. The molecule has 80 valence electrons. The minimum atomic E-state index is -0.245. The average Bonchev–Trinajstić information content (AvgIpc) is 2.58. The second-order valence-electron chi connectivity index (χ2n) is 4.28. The number of phenols is 1. The minimum absolute atomic E-state index is 0.245. The van der Waals surface area contributed by atoms with Crippen molar-refractivity contribution in [3.8, 4) is 5.75 Å².